The molecule has 0 radical (unpaired) electrons. The summed E-state index contributed by atoms with van der Waals surface area (Å²) in [5.41, 5.74) is 0.376. The Balaban J connectivity index is 1.52. The van der Waals surface area contributed by atoms with Crippen LogP contribution in [-0.4, -0.2) is 27.6 Å². The van der Waals surface area contributed by atoms with Gasteiger partial charge in [0.2, 0.25) is 5.91 Å². The van der Waals surface area contributed by atoms with Crippen LogP contribution in [-0.2, 0) is 11.2 Å². The fourth-order valence-electron chi connectivity index (χ4n) is 4.65. The number of carbonyl (C=O) groups excluding carboxylic acids is 1. The number of rotatable bonds is 6. The monoisotopic (exact) mass is 318 g/mol. The lowest BCUT2D eigenvalue weighted by molar-refractivity contribution is -0.122. The normalized spacial score (nSPS) is 21.9. The highest BCUT2D eigenvalue weighted by atomic mass is 16.1. The van der Waals surface area contributed by atoms with Gasteiger partial charge < -0.3 is 5.32 Å². The Hall–Kier alpha value is -1.39. The number of carbonyl (C=O) groups is 1. The molecular weight excluding hydrogens is 288 g/mol. The van der Waals surface area contributed by atoms with Crippen molar-refractivity contribution in [3.05, 3.63) is 12.2 Å². The molecule has 3 rings (SSSR count). The van der Waals surface area contributed by atoms with Crippen LogP contribution >= 0.6 is 0 Å². The van der Waals surface area contributed by atoms with Crippen molar-refractivity contribution < 1.29 is 4.79 Å². The number of aromatic amines is 1. The molecule has 0 bridgehead atoms. The molecule has 0 spiro atoms. The maximum Gasteiger partial charge on any atom is 0.220 e. The Morgan fingerprint density at radius 2 is 1.91 bits per heavy atom. The lowest BCUT2D eigenvalue weighted by Crippen LogP contribution is -2.44. The Morgan fingerprint density at radius 3 is 2.61 bits per heavy atom. The van der Waals surface area contributed by atoms with Crippen molar-refractivity contribution in [1.29, 1.82) is 0 Å². The SMILES string of the molecule is O=C(CCc1ncn[nH]1)NCC1(C2CCCCC2)CCCCC1. The predicted molar refractivity (Wildman–Crippen MR) is 89.8 cm³/mol. The molecule has 2 fully saturated rings. The topological polar surface area (TPSA) is 70.7 Å². The van der Waals surface area contributed by atoms with Gasteiger partial charge in [0.15, 0.2) is 0 Å². The first-order valence-electron chi connectivity index (χ1n) is 9.39. The number of nitrogens with one attached hydrogen (secondary N) is 2. The average Bonchev–Trinajstić information content (AvgIpc) is 3.13. The van der Waals surface area contributed by atoms with Gasteiger partial charge in [0.1, 0.15) is 12.2 Å². The summed E-state index contributed by atoms with van der Waals surface area (Å²) in [4.78, 5) is 16.3. The summed E-state index contributed by atoms with van der Waals surface area (Å²) < 4.78 is 0. The van der Waals surface area contributed by atoms with E-state index in [4.69, 9.17) is 0 Å². The summed E-state index contributed by atoms with van der Waals surface area (Å²) in [5, 5.41) is 9.89. The van der Waals surface area contributed by atoms with E-state index in [-0.39, 0.29) is 5.91 Å². The Bertz CT molecular complexity index is 473. The molecule has 1 aromatic rings. The summed E-state index contributed by atoms with van der Waals surface area (Å²) in [6.45, 7) is 0.882. The smallest absolute Gasteiger partial charge is 0.220 e. The lowest BCUT2D eigenvalue weighted by atomic mass is 9.61. The molecule has 0 atom stereocenters. The van der Waals surface area contributed by atoms with Crippen molar-refractivity contribution in [2.24, 2.45) is 11.3 Å². The maximum absolute atomic E-state index is 12.2. The van der Waals surface area contributed by atoms with Crippen molar-refractivity contribution in [2.75, 3.05) is 6.54 Å². The van der Waals surface area contributed by atoms with Gasteiger partial charge in [-0.05, 0) is 37.0 Å². The van der Waals surface area contributed by atoms with Crippen LogP contribution in [0.2, 0.25) is 0 Å². The third-order valence-corrected chi connectivity index (χ3v) is 6.01. The van der Waals surface area contributed by atoms with E-state index in [9.17, 15) is 4.79 Å². The molecule has 23 heavy (non-hydrogen) atoms. The molecular formula is C18H30N4O. The predicted octanol–water partition coefficient (Wildman–Crippen LogP) is 3.38. The van der Waals surface area contributed by atoms with E-state index >= 15 is 0 Å². The number of amides is 1. The molecule has 2 saturated carbocycles. The minimum atomic E-state index is 0.155. The van der Waals surface area contributed by atoms with E-state index in [1.165, 1.54) is 70.5 Å². The highest BCUT2D eigenvalue weighted by molar-refractivity contribution is 5.76. The van der Waals surface area contributed by atoms with E-state index in [0.717, 1.165) is 18.3 Å². The Labute approximate surface area is 139 Å². The molecule has 128 valence electrons. The molecule has 2 aliphatic rings. The van der Waals surface area contributed by atoms with Crippen molar-refractivity contribution >= 4 is 5.91 Å². The summed E-state index contributed by atoms with van der Waals surface area (Å²) in [6.07, 6.45) is 16.2. The molecule has 2 N–H and O–H groups in total. The molecule has 0 saturated heterocycles. The third-order valence-electron chi connectivity index (χ3n) is 6.01. The number of hydrogen-bond acceptors (Lipinski definition) is 3. The van der Waals surface area contributed by atoms with Gasteiger partial charge in [0.05, 0.1) is 0 Å². The molecule has 1 aromatic heterocycles. The summed E-state index contributed by atoms with van der Waals surface area (Å²) in [7, 11) is 0. The van der Waals surface area contributed by atoms with Gasteiger partial charge in [-0.15, -0.1) is 0 Å². The van der Waals surface area contributed by atoms with Crippen LogP contribution in [0.15, 0.2) is 6.33 Å². The van der Waals surface area contributed by atoms with Crippen LogP contribution in [0.4, 0.5) is 0 Å². The van der Waals surface area contributed by atoms with Gasteiger partial charge in [-0.1, -0.05) is 38.5 Å². The second-order valence-electron chi connectivity index (χ2n) is 7.47. The second kappa shape index (κ2) is 7.93. The molecule has 5 nitrogen and oxygen atoms in total. The van der Waals surface area contributed by atoms with Crippen molar-refractivity contribution in [3.8, 4) is 0 Å². The average molecular weight is 318 g/mol. The maximum atomic E-state index is 12.2. The summed E-state index contributed by atoms with van der Waals surface area (Å²) >= 11 is 0. The molecule has 1 amide bonds. The van der Waals surface area contributed by atoms with Crippen LogP contribution in [0.3, 0.4) is 0 Å². The number of H-pyrrole nitrogens is 1. The largest absolute Gasteiger partial charge is 0.356 e. The van der Waals surface area contributed by atoms with Gasteiger partial charge in [0, 0.05) is 19.4 Å². The van der Waals surface area contributed by atoms with Gasteiger partial charge in [-0.2, -0.15) is 5.10 Å². The first-order valence-corrected chi connectivity index (χ1v) is 9.39. The first kappa shape index (κ1) is 16.5. The standard InChI is InChI=1S/C18H30N4O/c23-17(10-9-16-20-14-21-22-16)19-13-18(11-5-2-6-12-18)15-7-3-1-4-8-15/h14-15H,1-13H2,(H,19,23)(H,20,21,22). The number of nitrogens with zero attached hydrogens (tertiary/aromatic N) is 2. The number of hydrogen-bond donors (Lipinski definition) is 2. The van der Waals surface area contributed by atoms with Crippen molar-refractivity contribution in [1.82, 2.24) is 20.5 Å². The van der Waals surface area contributed by atoms with E-state index in [0.29, 0.717) is 18.3 Å². The molecule has 5 heteroatoms. The molecule has 0 aromatic carbocycles. The molecule has 0 aliphatic heterocycles. The number of aromatic nitrogens is 3. The zero-order chi connectivity index (χ0) is 16.0. The first-order chi connectivity index (χ1) is 11.3. The van der Waals surface area contributed by atoms with E-state index in [1.54, 1.807) is 0 Å². The number of aryl methyl sites for hydroxylation is 1. The van der Waals surface area contributed by atoms with E-state index < -0.39 is 0 Å². The summed E-state index contributed by atoms with van der Waals surface area (Å²) in [5.74, 6) is 1.77. The summed E-state index contributed by atoms with van der Waals surface area (Å²) in [6, 6.07) is 0. The molecule has 2 aliphatic carbocycles. The second-order valence-corrected chi connectivity index (χ2v) is 7.47. The minimum Gasteiger partial charge on any atom is -0.356 e. The van der Waals surface area contributed by atoms with Gasteiger partial charge in [-0.25, -0.2) is 4.98 Å². The minimum absolute atomic E-state index is 0.155. The molecule has 1 heterocycles. The Kier molecular flexibility index (Phi) is 5.68. The van der Waals surface area contributed by atoms with Gasteiger partial charge in [-0.3, -0.25) is 9.89 Å². The van der Waals surface area contributed by atoms with Crippen LogP contribution in [0.1, 0.15) is 76.5 Å². The van der Waals surface area contributed by atoms with E-state index in [1.807, 2.05) is 0 Å². The van der Waals surface area contributed by atoms with Crippen molar-refractivity contribution in [3.63, 3.8) is 0 Å². The Morgan fingerprint density at radius 1 is 1.17 bits per heavy atom. The van der Waals surface area contributed by atoms with Crippen molar-refractivity contribution in [2.45, 2.75) is 77.0 Å². The van der Waals surface area contributed by atoms with Crippen LogP contribution in [0.25, 0.3) is 0 Å². The van der Waals surface area contributed by atoms with Crippen LogP contribution < -0.4 is 5.32 Å². The fourth-order valence-corrected chi connectivity index (χ4v) is 4.65. The van der Waals surface area contributed by atoms with Gasteiger partial charge in [0.25, 0.3) is 0 Å². The van der Waals surface area contributed by atoms with Crippen LogP contribution in [0.5, 0.6) is 0 Å². The molecule has 0 unspecified atom stereocenters. The zero-order valence-electron chi connectivity index (χ0n) is 14.1. The highest BCUT2D eigenvalue weighted by Crippen LogP contribution is 2.47. The van der Waals surface area contributed by atoms with Crippen LogP contribution in [0, 0.1) is 11.3 Å². The zero-order valence-corrected chi connectivity index (χ0v) is 14.1. The lowest BCUT2D eigenvalue weighted by Gasteiger charge is -2.45. The third kappa shape index (κ3) is 4.33. The highest BCUT2D eigenvalue weighted by Gasteiger charge is 2.40. The van der Waals surface area contributed by atoms with E-state index in [2.05, 4.69) is 20.5 Å². The quantitative estimate of drug-likeness (QED) is 0.844. The fraction of sp³-hybridized carbons (Fsp3) is 0.833. The van der Waals surface area contributed by atoms with Gasteiger partial charge >= 0.3 is 0 Å².